The van der Waals surface area contributed by atoms with Crippen LogP contribution >= 0.6 is 11.3 Å². The van der Waals surface area contributed by atoms with Gasteiger partial charge in [0.2, 0.25) is 0 Å². The average Bonchev–Trinajstić information content (AvgIpc) is 3.08. The maximum absolute atomic E-state index is 12.3. The lowest BCUT2D eigenvalue weighted by atomic mass is 9.83. The molecule has 1 saturated carbocycles. The second-order valence-corrected chi connectivity index (χ2v) is 7.09. The number of carbonyl (C=O) groups is 1. The lowest BCUT2D eigenvalue weighted by Crippen LogP contribution is -2.48. The third-order valence-electron chi connectivity index (χ3n) is 4.89. The van der Waals surface area contributed by atoms with Crippen molar-refractivity contribution in [2.75, 3.05) is 31.6 Å². The van der Waals surface area contributed by atoms with E-state index in [1.165, 1.54) is 30.6 Å². The number of aromatic nitrogens is 1. The fraction of sp³-hybridized carbons (Fsp3) is 0.733. The number of amides is 2. The number of urea groups is 1. The van der Waals surface area contributed by atoms with Gasteiger partial charge in [-0.05, 0) is 12.8 Å². The van der Waals surface area contributed by atoms with E-state index in [1.54, 1.807) is 0 Å². The van der Waals surface area contributed by atoms with Gasteiger partial charge in [-0.3, -0.25) is 5.32 Å². The Morgan fingerprint density at radius 1 is 1.32 bits per heavy atom. The van der Waals surface area contributed by atoms with Crippen molar-refractivity contribution >= 4 is 22.5 Å². The highest BCUT2D eigenvalue weighted by Crippen LogP contribution is 2.37. The molecule has 3 fully saturated rings. The Morgan fingerprint density at radius 3 is 2.68 bits per heavy atom. The topological polar surface area (TPSA) is 63.7 Å². The smallest absolute Gasteiger partial charge is 0.323 e. The minimum Gasteiger partial charge on any atom is -0.347 e. The van der Waals surface area contributed by atoms with Crippen LogP contribution in [0.4, 0.5) is 9.93 Å². The second-order valence-electron chi connectivity index (χ2n) is 6.23. The summed E-state index contributed by atoms with van der Waals surface area (Å²) in [7, 11) is 0. The molecular formula is C15H21N3O3S. The number of thiazole rings is 1. The van der Waals surface area contributed by atoms with Crippen molar-refractivity contribution in [2.45, 2.75) is 43.8 Å². The zero-order chi connectivity index (χ0) is 15.0. The number of hydrogen-bond donors (Lipinski definition) is 1. The third-order valence-corrected chi connectivity index (χ3v) is 5.66. The number of nitrogens with one attached hydrogen (secondary N) is 1. The summed E-state index contributed by atoms with van der Waals surface area (Å²) in [5, 5.41) is 5.71. The highest BCUT2D eigenvalue weighted by Gasteiger charge is 2.40. The molecule has 3 heterocycles. The van der Waals surface area contributed by atoms with Crippen LogP contribution in [0.3, 0.4) is 0 Å². The van der Waals surface area contributed by atoms with Gasteiger partial charge < -0.3 is 14.4 Å². The largest absolute Gasteiger partial charge is 0.347 e. The minimum atomic E-state index is -0.435. The quantitative estimate of drug-likeness (QED) is 0.909. The summed E-state index contributed by atoms with van der Waals surface area (Å²) in [6, 6.07) is -0.0673. The Hall–Kier alpha value is -1.18. The number of ether oxygens (including phenoxy) is 2. The molecule has 2 saturated heterocycles. The van der Waals surface area contributed by atoms with Gasteiger partial charge in [-0.2, -0.15) is 0 Å². The molecular weight excluding hydrogens is 302 g/mol. The van der Waals surface area contributed by atoms with Crippen molar-refractivity contribution in [2.24, 2.45) is 0 Å². The molecule has 0 radical (unpaired) electrons. The molecule has 3 aliphatic rings. The predicted molar refractivity (Wildman–Crippen MR) is 83.2 cm³/mol. The SMILES string of the molecule is O=C(Nc1nc(C2CCC2)cs1)N1CCC2(CC1)OCCO2. The average molecular weight is 323 g/mol. The molecule has 0 bridgehead atoms. The molecule has 1 N–H and O–H groups in total. The molecule has 1 aromatic rings. The van der Waals surface area contributed by atoms with E-state index in [0.29, 0.717) is 37.4 Å². The Labute approximate surface area is 133 Å². The molecule has 7 heteroatoms. The fourth-order valence-corrected chi connectivity index (χ4v) is 4.02. The van der Waals surface area contributed by atoms with Crippen molar-refractivity contribution in [3.63, 3.8) is 0 Å². The minimum absolute atomic E-state index is 0.0673. The number of piperidine rings is 1. The van der Waals surface area contributed by atoms with Crippen molar-refractivity contribution in [1.29, 1.82) is 0 Å². The molecule has 1 aromatic heterocycles. The molecule has 1 aliphatic carbocycles. The Morgan fingerprint density at radius 2 is 2.05 bits per heavy atom. The van der Waals surface area contributed by atoms with E-state index in [0.717, 1.165) is 18.5 Å². The third kappa shape index (κ3) is 2.73. The normalized spacial score (nSPS) is 24.5. The molecule has 22 heavy (non-hydrogen) atoms. The molecule has 2 aliphatic heterocycles. The number of carbonyl (C=O) groups excluding carboxylic acids is 1. The van der Waals surface area contributed by atoms with Crippen LogP contribution in [0, 0.1) is 0 Å². The second kappa shape index (κ2) is 5.79. The first kappa shape index (κ1) is 14.4. The van der Waals surface area contributed by atoms with E-state index < -0.39 is 5.79 Å². The van der Waals surface area contributed by atoms with Crippen molar-refractivity contribution in [3.05, 3.63) is 11.1 Å². The molecule has 0 unspecified atom stereocenters. The fourth-order valence-electron chi connectivity index (χ4n) is 3.24. The van der Waals surface area contributed by atoms with Crippen LogP contribution in [0.1, 0.15) is 43.7 Å². The van der Waals surface area contributed by atoms with Gasteiger partial charge in [0, 0.05) is 37.2 Å². The zero-order valence-corrected chi connectivity index (χ0v) is 13.4. The van der Waals surface area contributed by atoms with Crippen molar-refractivity contribution < 1.29 is 14.3 Å². The monoisotopic (exact) mass is 323 g/mol. The Balaban J connectivity index is 1.31. The summed E-state index contributed by atoms with van der Waals surface area (Å²) in [5.41, 5.74) is 1.14. The van der Waals surface area contributed by atoms with Gasteiger partial charge in [0.25, 0.3) is 0 Å². The predicted octanol–water partition coefficient (Wildman–Crippen LogP) is 2.78. The summed E-state index contributed by atoms with van der Waals surface area (Å²) in [4.78, 5) is 18.7. The first-order chi connectivity index (χ1) is 10.7. The summed E-state index contributed by atoms with van der Waals surface area (Å²) in [6.07, 6.45) is 5.23. The molecule has 120 valence electrons. The Bertz CT molecular complexity index is 542. The number of likely N-dealkylation sites (tertiary alicyclic amines) is 1. The number of hydrogen-bond acceptors (Lipinski definition) is 5. The maximum Gasteiger partial charge on any atom is 0.323 e. The standard InChI is InChI=1S/C15H21N3O3S/c19-14(17-13-16-12(10-22-13)11-2-1-3-11)18-6-4-15(5-7-18)20-8-9-21-15/h10-11H,1-9H2,(H,16,17,19). The number of anilines is 1. The molecule has 6 nitrogen and oxygen atoms in total. The molecule has 2 amide bonds. The molecule has 0 aromatic carbocycles. The van der Waals surface area contributed by atoms with Gasteiger partial charge >= 0.3 is 6.03 Å². The van der Waals surface area contributed by atoms with Crippen LogP contribution in [0.2, 0.25) is 0 Å². The van der Waals surface area contributed by atoms with Gasteiger partial charge in [-0.25, -0.2) is 9.78 Å². The summed E-state index contributed by atoms with van der Waals surface area (Å²) >= 11 is 1.52. The van der Waals surface area contributed by atoms with E-state index >= 15 is 0 Å². The van der Waals surface area contributed by atoms with Crippen LogP contribution in [-0.4, -0.2) is 48.0 Å². The number of rotatable bonds is 2. The van der Waals surface area contributed by atoms with Crippen LogP contribution in [0.25, 0.3) is 0 Å². The van der Waals surface area contributed by atoms with Gasteiger partial charge in [0.05, 0.1) is 18.9 Å². The summed E-state index contributed by atoms with van der Waals surface area (Å²) in [6.45, 7) is 2.64. The molecule has 1 spiro atoms. The highest BCUT2D eigenvalue weighted by atomic mass is 32.1. The van der Waals surface area contributed by atoms with Crippen LogP contribution in [0.5, 0.6) is 0 Å². The molecule has 0 atom stereocenters. The van der Waals surface area contributed by atoms with Gasteiger partial charge in [-0.15, -0.1) is 11.3 Å². The summed E-state index contributed by atoms with van der Waals surface area (Å²) in [5.74, 6) is 0.170. The van der Waals surface area contributed by atoms with E-state index in [-0.39, 0.29) is 6.03 Å². The highest BCUT2D eigenvalue weighted by molar-refractivity contribution is 7.13. The van der Waals surface area contributed by atoms with Crippen LogP contribution in [-0.2, 0) is 9.47 Å². The van der Waals surface area contributed by atoms with Gasteiger partial charge in [-0.1, -0.05) is 6.42 Å². The first-order valence-electron chi connectivity index (χ1n) is 8.03. The Kier molecular flexibility index (Phi) is 3.79. The molecule has 4 rings (SSSR count). The van der Waals surface area contributed by atoms with Crippen molar-refractivity contribution in [3.8, 4) is 0 Å². The van der Waals surface area contributed by atoms with Crippen LogP contribution < -0.4 is 5.32 Å². The van der Waals surface area contributed by atoms with Crippen LogP contribution in [0.15, 0.2) is 5.38 Å². The van der Waals surface area contributed by atoms with E-state index in [2.05, 4.69) is 15.7 Å². The van der Waals surface area contributed by atoms with Gasteiger partial charge in [0.1, 0.15) is 0 Å². The number of nitrogens with zero attached hydrogens (tertiary/aromatic N) is 2. The zero-order valence-electron chi connectivity index (χ0n) is 12.5. The summed E-state index contributed by atoms with van der Waals surface area (Å²) < 4.78 is 11.4. The first-order valence-corrected chi connectivity index (χ1v) is 8.91. The van der Waals surface area contributed by atoms with Gasteiger partial charge in [0.15, 0.2) is 10.9 Å². The van der Waals surface area contributed by atoms with E-state index in [4.69, 9.17) is 9.47 Å². The maximum atomic E-state index is 12.3. The van der Waals surface area contributed by atoms with E-state index in [1.807, 2.05) is 4.90 Å². The van der Waals surface area contributed by atoms with E-state index in [9.17, 15) is 4.79 Å². The van der Waals surface area contributed by atoms with Crippen molar-refractivity contribution in [1.82, 2.24) is 9.88 Å². The lowest BCUT2D eigenvalue weighted by molar-refractivity contribution is -0.181. The lowest BCUT2D eigenvalue weighted by Gasteiger charge is -2.37.